The molecule has 5 heteroatoms. The number of benzene rings is 3. The van der Waals surface area contributed by atoms with E-state index in [1.165, 1.54) is 5.39 Å². The highest BCUT2D eigenvalue weighted by Crippen LogP contribution is 2.25. The largest absolute Gasteiger partial charge is 0.473 e. The highest BCUT2D eigenvalue weighted by atomic mass is 16.5. The number of likely N-dealkylation sites (tertiary alicyclic amines) is 1. The normalized spacial score (nSPS) is 14.9. The first-order valence-electron chi connectivity index (χ1n) is 10.4. The molecule has 1 amide bonds. The van der Waals surface area contributed by atoms with Gasteiger partial charge < -0.3 is 9.64 Å². The molecule has 3 aromatic carbocycles. The van der Waals surface area contributed by atoms with Crippen molar-refractivity contribution in [2.45, 2.75) is 25.4 Å². The molecule has 0 aliphatic carbocycles. The molecule has 0 N–H and O–H groups in total. The first kappa shape index (κ1) is 18.6. The summed E-state index contributed by atoms with van der Waals surface area (Å²) >= 11 is 0. The minimum Gasteiger partial charge on any atom is -0.473 e. The van der Waals surface area contributed by atoms with Crippen molar-refractivity contribution in [2.24, 2.45) is 0 Å². The van der Waals surface area contributed by atoms with Crippen LogP contribution < -0.4 is 4.74 Å². The maximum atomic E-state index is 12.9. The summed E-state index contributed by atoms with van der Waals surface area (Å²) in [5.41, 5.74) is 1.09. The van der Waals surface area contributed by atoms with Gasteiger partial charge in [0.15, 0.2) is 0 Å². The van der Waals surface area contributed by atoms with E-state index in [0.29, 0.717) is 25.4 Å². The van der Waals surface area contributed by atoms with Gasteiger partial charge in [-0.1, -0.05) is 60.7 Å². The van der Waals surface area contributed by atoms with E-state index in [2.05, 4.69) is 34.5 Å². The lowest BCUT2D eigenvalue weighted by molar-refractivity contribution is -0.132. The van der Waals surface area contributed by atoms with Crippen molar-refractivity contribution in [1.29, 1.82) is 0 Å². The third-order valence-corrected chi connectivity index (χ3v) is 5.83. The van der Waals surface area contributed by atoms with Crippen LogP contribution in [-0.2, 0) is 11.2 Å². The monoisotopic (exact) mass is 397 g/mol. The first-order valence-corrected chi connectivity index (χ1v) is 10.4. The fourth-order valence-electron chi connectivity index (χ4n) is 4.19. The van der Waals surface area contributed by atoms with Gasteiger partial charge in [0.2, 0.25) is 11.8 Å². The molecule has 5 rings (SSSR count). The van der Waals surface area contributed by atoms with Crippen LogP contribution in [0.5, 0.6) is 5.88 Å². The van der Waals surface area contributed by atoms with Gasteiger partial charge in [-0.25, -0.2) is 0 Å². The summed E-state index contributed by atoms with van der Waals surface area (Å²) in [6, 6.07) is 22.3. The fraction of sp³-hybridized carbons (Fsp3) is 0.240. The Balaban J connectivity index is 1.23. The van der Waals surface area contributed by atoms with E-state index >= 15 is 0 Å². The third kappa shape index (κ3) is 3.71. The van der Waals surface area contributed by atoms with Gasteiger partial charge >= 0.3 is 0 Å². The van der Waals surface area contributed by atoms with Gasteiger partial charge in [0.25, 0.3) is 0 Å². The van der Waals surface area contributed by atoms with Crippen LogP contribution in [0.4, 0.5) is 0 Å². The number of ether oxygens (including phenoxy) is 1. The van der Waals surface area contributed by atoms with Crippen molar-refractivity contribution in [3.05, 3.63) is 78.5 Å². The number of hydrogen-bond acceptors (Lipinski definition) is 4. The van der Waals surface area contributed by atoms with E-state index in [1.54, 1.807) is 6.20 Å². The standard InChI is InChI=1S/C25H23N3O2/c29-24(16-19-9-5-8-18-6-1-3-10-22(18)19)28-14-12-21(13-15-28)30-25-23-11-4-2-7-20(23)17-26-27-25/h1-11,17,21H,12-16H2. The molecule has 0 saturated carbocycles. The van der Waals surface area contributed by atoms with E-state index in [4.69, 9.17) is 4.74 Å². The smallest absolute Gasteiger partial charge is 0.241 e. The number of rotatable bonds is 4. The zero-order valence-electron chi connectivity index (χ0n) is 16.7. The van der Waals surface area contributed by atoms with Crippen LogP contribution in [-0.4, -0.2) is 40.2 Å². The fourth-order valence-corrected chi connectivity index (χ4v) is 4.19. The third-order valence-electron chi connectivity index (χ3n) is 5.83. The summed E-state index contributed by atoms with van der Waals surface area (Å²) in [6.45, 7) is 1.40. The Morgan fingerprint density at radius 1 is 0.900 bits per heavy atom. The zero-order chi connectivity index (χ0) is 20.3. The SMILES string of the molecule is O=C(Cc1cccc2ccccc12)N1CCC(Oc2nncc3ccccc23)CC1. The Labute approximate surface area is 175 Å². The van der Waals surface area contributed by atoms with E-state index in [-0.39, 0.29) is 12.0 Å². The van der Waals surface area contributed by atoms with Gasteiger partial charge in [0.05, 0.1) is 12.6 Å². The Morgan fingerprint density at radius 3 is 2.43 bits per heavy atom. The highest BCUT2D eigenvalue weighted by molar-refractivity contribution is 5.90. The van der Waals surface area contributed by atoms with Crippen molar-refractivity contribution in [2.75, 3.05) is 13.1 Å². The Morgan fingerprint density at radius 2 is 1.60 bits per heavy atom. The molecule has 2 heterocycles. The van der Waals surface area contributed by atoms with Crippen molar-refractivity contribution in [3.63, 3.8) is 0 Å². The van der Waals surface area contributed by atoms with Gasteiger partial charge in [-0.3, -0.25) is 4.79 Å². The summed E-state index contributed by atoms with van der Waals surface area (Å²) in [6.07, 6.45) is 3.82. The molecule has 30 heavy (non-hydrogen) atoms. The van der Waals surface area contributed by atoms with E-state index in [0.717, 1.165) is 34.6 Å². The molecule has 0 radical (unpaired) electrons. The number of hydrogen-bond donors (Lipinski definition) is 0. The van der Waals surface area contributed by atoms with Crippen molar-refractivity contribution >= 4 is 27.5 Å². The van der Waals surface area contributed by atoms with Crippen molar-refractivity contribution in [3.8, 4) is 5.88 Å². The second-order valence-electron chi connectivity index (χ2n) is 7.75. The van der Waals surface area contributed by atoms with Crippen LogP contribution in [0.1, 0.15) is 18.4 Å². The van der Waals surface area contributed by atoms with Gasteiger partial charge in [-0.15, -0.1) is 5.10 Å². The predicted molar refractivity (Wildman–Crippen MR) is 117 cm³/mol. The molecular formula is C25H23N3O2. The minimum atomic E-state index is 0.0479. The number of nitrogens with zero attached hydrogens (tertiary/aromatic N) is 3. The Bertz CT molecular complexity index is 1190. The first-order chi connectivity index (χ1) is 14.8. The van der Waals surface area contributed by atoms with Gasteiger partial charge in [0, 0.05) is 36.7 Å². The molecular weight excluding hydrogens is 374 g/mol. The average Bonchev–Trinajstić information content (AvgIpc) is 2.80. The lowest BCUT2D eigenvalue weighted by atomic mass is 10.0. The van der Waals surface area contributed by atoms with Crippen LogP contribution in [0.15, 0.2) is 72.9 Å². The summed E-state index contributed by atoms with van der Waals surface area (Å²) in [7, 11) is 0. The maximum Gasteiger partial charge on any atom is 0.241 e. The molecule has 1 aliphatic rings. The minimum absolute atomic E-state index is 0.0479. The molecule has 0 spiro atoms. The predicted octanol–water partition coefficient (Wildman–Crippen LogP) is 4.40. The van der Waals surface area contributed by atoms with Gasteiger partial charge in [-0.2, -0.15) is 5.10 Å². The van der Waals surface area contributed by atoms with Crippen LogP contribution >= 0.6 is 0 Å². The molecule has 0 bridgehead atoms. The second kappa shape index (κ2) is 8.11. The Hall–Kier alpha value is -3.47. The number of carbonyl (C=O) groups excluding carboxylic acids is 1. The second-order valence-corrected chi connectivity index (χ2v) is 7.75. The van der Waals surface area contributed by atoms with Crippen LogP contribution in [0, 0.1) is 0 Å². The van der Waals surface area contributed by atoms with Crippen molar-refractivity contribution < 1.29 is 9.53 Å². The number of aromatic nitrogens is 2. The van der Waals surface area contributed by atoms with Gasteiger partial charge in [-0.05, 0) is 22.4 Å². The number of piperidine rings is 1. The van der Waals surface area contributed by atoms with Crippen LogP contribution in [0.3, 0.4) is 0 Å². The van der Waals surface area contributed by atoms with E-state index in [9.17, 15) is 4.79 Å². The maximum absolute atomic E-state index is 12.9. The molecule has 1 aliphatic heterocycles. The summed E-state index contributed by atoms with van der Waals surface area (Å²) < 4.78 is 6.16. The number of amides is 1. The topological polar surface area (TPSA) is 55.3 Å². The molecule has 1 aromatic heterocycles. The van der Waals surface area contributed by atoms with Crippen LogP contribution in [0.25, 0.3) is 21.5 Å². The highest BCUT2D eigenvalue weighted by Gasteiger charge is 2.25. The zero-order valence-corrected chi connectivity index (χ0v) is 16.7. The quantitative estimate of drug-likeness (QED) is 0.512. The lowest BCUT2D eigenvalue weighted by Gasteiger charge is -2.32. The molecule has 150 valence electrons. The van der Waals surface area contributed by atoms with E-state index < -0.39 is 0 Å². The molecule has 4 aromatic rings. The van der Waals surface area contributed by atoms with Gasteiger partial charge in [0.1, 0.15) is 6.10 Å². The Kier molecular flexibility index (Phi) is 5.01. The number of fused-ring (bicyclic) bond motifs is 2. The van der Waals surface area contributed by atoms with Crippen molar-refractivity contribution in [1.82, 2.24) is 15.1 Å². The lowest BCUT2D eigenvalue weighted by Crippen LogP contribution is -2.42. The summed E-state index contributed by atoms with van der Waals surface area (Å²) in [5, 5.41) is 12.6. The average molecular weight is 397 g/mol. The number of carbonyl (C=O) groups is 1. The molecule has 1 saturated heterocycles. The molecule has 1 fully saturated rings. The molecule has 0 unspecified atom stereocenters. The van der Waals surface area contributed by atoms with E-state index in [1.807, 2.05) is 47.4 Å². The summed E-state index contributed by atoms with van der Waals surface area (Å²) in [5.74, 6) is 0.753. The molecule has 5 nitrogen and oxygen atoms in total. The summed E-state index contributed by atoms with van der Waals surface area (Å²) in [4.78, 5) is 14.9. The molecule has 0 atom stereocenters. The van der Waals surface area contributed by atoms with Crippen LogP contribution in [0.2, 0.25) is 0 Å².